The van der Waals surface area contributed by atoms with Gasteiger partial charge in [-0.05, 0) is 66.2 Å². The van der Waals surface area contributed by atoms with Crippen molar-refractivity contribution in [3.63, 3.8) is 0 Å². The largest absolute Gasteiger partial charge is 0.497 e. The molecule has 1 aliphatic carbocycles. The molecule has 2 rings (SSSR count). The maximum absolute atomic E-state index is 13.2. The third-order valence-corrected chi connectivity index (χ3v) is 5.09. The monoisotopic (exact) mass is 434 g/mol. The first-order valence-electron chi connectivity index (χ1n) is 10.4. The number of Topliss-reactive ketones (excluding diaryl/α,β-unsaturated/α-hetero) is 1. The highest BCUT2D eigenvalue weighted by Gasteiger charge is 2.57. The molecular weight excluding hydrogens is 400 g/mol. The van der Waals surface area contributed by atoms with Gasteiger partial charge in [0.1, 0.15) is 22.9 Å². The van der Waals surface area contributed by atoms with Gasteiger partial charge in [-0.3, -0.25) is 14.4 Å². The molecule has 0 amide bonds. The van der Waals surface area contributed by atoms with Crippen molar-refractivity contribution in [1.29, 1.82) is 0 Å². The van der Waals surface area contributed by atoms with E-state index in [1.165, 1.54) is 14.0 Å². The first kappa shape index (κ1) is 24.9. The molecule has 0 heterocycles. The van der Waals surface area contributed by atoms with Crippen LogP contribution in [0.3, 0.4) is 0 Å². The molecule has 1 saturated carbocycles. The summed E-state index contributed by atoms with van der Waals surface area (Å²) in [5, 5.41) is 11.1. The molecular formula is C24H34O7. The van der Waals surface area contributed by atoms with Gasteiger partial charge in [-0.2, -0.15) is 0 Å². The van der Waals surface area contributed by atoms with E-state index in [0.29, 0.717) is 11.3 Å². The zero-order valence-corrected chi connectivity index (χ0v) is 19.6. The van der Waals surface area contributed by atoms with Crippen LogP contribution in [0.1, 0.15) is 66.4 Å². The average molecular weight is 435 g/mol. The Morgan fingerprint density at radius 3 is 1.90 bits per heavy atom. The molecule has 0 spiro atoms. The minimum absolute atomic E-state index is 0.354. The van der Waals surface area contributed by atoms with Gasteiger partial charge in [0.2, 0.25) is 0 Å². The smallest absolute Gasteiger partial charge is 0.317 e. The summed E-state index contributed by atoms with van der Waals surface area (Å²) in [4.78, 5) is 39.4. The standard InChI is InChI=1S/C24H34O7/c1-22(2,3)30-20(26)18-16(25)13-24(7,28)19(21(27)31-23(4,5)6)17(18)14-9-11-15(29-8)12-10-14/h9-12,17-19,28H,13H2,1-8H3/t17-,18+,19+,24-/m0/s1. The molecule has 0 aliphatic heterocycles. The van der Waals surface area contributed by atoms with E-state index >= 15 is 0 Å². The van der Waals surface area contributed by atoms with Crippen LogP contribution in [-0.2, 0) is 23.9 Å². The summed E-state index contributed by atoms with van der Waals surface area (Å²) >= 11 is 0. The van der Waals surface area contributed by atoms with Gasteiger partial charge in [0.05, 0.1) is 18.6 Å². The molecule has 0 radical (unpaired) electrons. The fourth-order valence-electron chi connectivity index (χ4n) is 3.97. The van der Waals surface area contributed by atoms with E-state index in [1.807, 2.05) is 0 Å². The number of hydrogen-bond acceptors (Lipinski definition) is 7. The minimum Gasteiger partial charge on any atom is -0.497 e. The minimum atomic E-state index is -1.69. The van der Waals surface area contributed by atoms with E-state index in [9.17, 15) is 19.5 Å². The summed E-state index contributed by atoms with van der Waals surface area (Å²) in [6.45, 7) is 11.7. The number of benzene rings is 1. The Balaban J connectivity index is 2.63. The summed E-state index contributed by atoms with van der Waals surface area (Å²) in [6.07, 6.45) is -0.354. The van der Waals surface area contributed by atoms with E-state index in [2.05, 4.69) is 0 Å². The van der Waals surface area contributed by atoms with Crippen LogP contribution in [0, 0.1) is 11.8 Å². The quantitative estimate of drug-likeness (QED) is 0.573. The predicted octanol–water partition coefficient (Wildman–Crippen LogP) is 3.42. The van der Waals surface area contributed by atoms with Crippen molar-refractivity contribution in [3.05, 3.63) is 29.8 Å². The average Bonchev–Trinajstić information content (AvgIpc) is 2.56. The van der Waals surface area contributed by atoms with Crippen LogP contribution in [0.5, 0.6) is 5.75 Å². The maximum atomic E-state index is 13.2. The number of carbonyl (C=O) groups is 3. The van der Waals surface area contributed by atoms with Gasteiger partial charge in [0.15, 0.2) is 5.78 Å². The van der Waals surface area contributed by atoms with Crippen molar-refractivity contribution in [2.45, 2.75) is 77.6 Å². The second kappa shape index (κ2) is 8.61. The number of methoxy groups -OCH3 is 1. The number of hydrogen-bond donors (Lipinski definition) is 1. The third kappa shape index (κ3) is 6.06. The zero-order chi connectivity index (χ0) is 23.8. The number of aliphatic hydroxyl groups is 1. The second-order valence-electron chi connectivity index (χ2n) is 10.3. The van der Waals surface area contributed by atoms with E-state index in [1.54, 1.807) is 65.8 Å². The van der Waals surface area contributed by atoms with Crippen LogP contribution >= 0.6 is 0 Å². The van der Waals surface area contributed by atoms with Gasteiger partial charge in [0, 0.05) is 12.3 Å². The van der Waals surface area contributed by atoms with Gasteiger partial charge >= 0.3 is 11.9 Å². The van der Waals surface area contributed by atoms with E-state index < -0.39 is 52.3 Å². The molecule has 7 heteroatoms. The number of ketones is 1. The van der Waals surface area contributed by atoms with Gasteiger partial charge in [-0.15, -0.1) is 0 Å². The first-order valence-corrected chi connectivity index (χ1v) is 10.4. The van der Waals surface area contributed by atoms with Gasteiger partial charge < -0.3 is 19.3 Å². The number of carbonyl (C=O) groups excluding carboxylic acids is 3. The highest BCUT2D eigenvalue weighted by atomic mass is 16.6. The molecule has 4 atom stereocenters. The van der Waals surface area contributed by atoms with Crippen molar-refractivity contribution < 1.29 is 33.7 Å². The van der Waals surface area contributed by atoms with Crippen LogP contribution in [-0.4, -0.2) is 46.7 Å². The van der Waals surface area contributed by atoms with Crippen LogP contribution in [0.15, 0.2) is 24.3 Å². The Kier molecular flexibility index (Phi) is 6.91. The Hall–Kier alpha value is -2.41. The van der Waals surface area contributed by atoms with Crippen LogP contribution < -0.4 is 4.74 Å². The molecule has 172 valence electrons. The van der Waals surface area contributed by atoms with Crippen molar-refractivity contribution in [3.8, 4) is 5.75 Å². The fourth-order valence-corrected chi connectivity index (χ4v) is 3.97. The first-order chi connectivity index (χ1) is 14.1. The van der Waals surface area contributed by atoms with Crippen molar-refractivity contribution in [2.75, 3.05) is 7.11 Å². The van der Waals surface area contributed by atoms with E-state index in [-0.39, 0.29) is 6.42 Å². The Bertz CT molecular complexity index is 825. The Labute approximate surface area is 184 Å². The third-order valence-electron chi connectivity index (χ3n) is 5.09. The summed E-state index contributed by atoms with van der Waals surface area (Å²) in [7, 11) is 1.52. The van der Waals surface area contributed by atoms with Crippen molar-refractivity contribution >= 4 is 17.7 Å². The van der Waals surface area contributed by atoms with Gasteiger partial charge in [0.25, 0.3) is 0 Å². The summed E-state index contributed by atoms with van der Waals surface area (Å²) in [5.41, 5.74) is -2.77. The highest BCUT2D eigenvalue weighted by Crippen LogP contribution is 2.47. The Morgan fingerprint density at radius 1 is 0.968 bits per heavy atom. The zero-order valence-electron chi connectivity index (χ0n) is 19.6. The van der Waals surface area contributed by atoms with E-state index in [0.717, 1.165) is 0 Å². The lowest BCUT2D eigenvalue weighted by atomic mass is 9.61. The van der Waals surface area contributed by atoms with Gasteiger partial charge in [-0.1, -0.05) is 12.1 Å². The number of ether oxygens (including phenoxy) is 3. The number of rotatable bonds is 4. The van der Waals surface area contributed by atoms with Gasteiger partial charge in [-0.25, -0.2) is 0 Å². The lowest BCUT2D eigenvalue weighted by Crippen LogP contribution is -2.56. The van der Waals surface area contributed by atoms with Crippen LogP contribution in [0.25, 0.3) is 0 Å². The molecule has 0 aromatic heterocycles. The molecule has 31 heavy (non-hydrogen) atoms. The van der Waals surface area contributed by atoms with Crippen molar-refractivity contribution in [1.82, 2.24) is 0 Å². The lowest BCUT2D eigenvalue weighted by Gasteiger charge is -2.44. The molecule has 1 N–H and O–H groups in total. The predicted molar refractivity (Wildman–Crippen MR) is 115 cm³/mol. The summed E-state index contributed by atoms with van der Waals surface area (Å²) in [6, 6.07) is 6.74. The van der Waals surface area contributed by atoms with Crippen LogP contribution in [0.4, 0.5) is 0 Å². The van der Waals surface area contributed by atoms with E-state index in [4.69, 9.17) is 14.2 Å². The molecule has 1 aliphatic rings. The molecule has 0 unspecified atom stereocenters. The second-order valence-corrected chi connectivity index (χ2v) is 10.3. The summed E-state index contributed by atoms with van der Waals surface area (Å²) < 4.78 is 16.3. The lowest BCUT2D eigenvalue weighted by molar-refractivity contribution is -0.182. The maximum Gasteiger partial charge on any atom is 0.317 e. The molecule has 1 aromatic rings. The molecule has 1 aromatic carbocycles. The fraction of sp³-hybridized carbons (Fsp3) is 0.625. The molecule has 1 fully saturated rings. The number of esters is 2. The van der Waals surface area contributed by atoms with Crippen molar-refractivity contribution in [2.24, 2.45) is 11.8 Å². The SMILES string of the molecule is COc1ccc([C@H]2[C@H](C(=O)OC(C)(C)C)C(=O)C[C@](C)(O)[C@H]2C(=O)OC(C)(C)C)cc1. The molecule has 7 nitrogen and oxygen atoms in total. The topological polar surface area (TPSA) is 99.1 Å². The normalized spacial score (nSPS) is 26.9. The highest BCUT2D eigenvalue weighted by molar-refractivity contribution is 6.03. The molecule has 0 bridgehead atoms. The Morgan fingerprint density at radius 2 is 1.45 bits per heavy atom. The molecule has 0 saturated heterocycles. The summed E-state index contributed by atoms with van der Waals surface area (Å²) in [5.74, 6) is -4.62. The van der Waals surface area contributed by atoms with Crippen LogP contribution in [0.2, 0.25) is 0 Å².